The fourth-order valence-electron chi connectivity index (χ4n) is 1.09. The number of likely N-dealkylation sites (N-methyl/N-ethyl adjacent to an activating group) is 1. The maximum atomic E-state index is 11.5. The smallest absolute Gasteiger partial charge is 0.269 e. The number of rotatable bonds is 8. The molecule has 0 aliphatic heterocycles. The largest absolute Gasteiger partial charge is 0.354 e. The first kappa shape index (κ1) is 16.6. The highest BCUT2D eigenvalue weighted by Gasteiger charge is 2.11. The number of hydroxylamine groups is 1. The van der Waals surface area contributed by atoms with Gasteiger partial charge in [-0.05, 0) is 6.42 Å². The molecule has 0 aliphatic carbocycles. The van der Waals surface area contributed by atoms with E-state index in [-0.39, 0.29) is 25.0 Å². The van der Waals surface area contributed by atoms with Gasteiger partial charge in [-0.15, -0.1) is 0 Å². The molecule has 0 aromatic rings. The molecule has 0 aromatic heterocycles. The van der Waals surface area contributed by atoms with Crippen molar-refractivity contribution in [3.63, 3.8) is 0 Å². The molecule has 0 rings (SSSR count). The van der Waals surface area contributed by atoms with Crippen LogP contribution in [0.2, 0.25) is 0 Å². The van der Waals surface area contributed by atoms with Crippen LogP contribution in [0.25, 0.3) is 0 Å². The van der Waals surface area contributed by atoms with E-state index in [9.17, 15) is 19.2 Å². The molecular weight excluding hydrogens is 256 g/mol. The molecule has 0 heterocycles. The highest BCUT2D eigenvalue weighted by molar-refractivity contribution is 5.97. The third-order valence-electron chi connectivity index (χ3n) is 1.97. The fraction of sp³-hybridized carbons (Fsp3) is 0.400. The van der Waals surface area contributed by atoms with E-state index in [1.807, 2.05) is 0 Å². The van der Waals surface area contributed by atoms with Crippen LogP contribution < -0.4 is 21.4 Å². The highest BCUT2D eigenvalue weighted by atomic mass is 16.5. The summed E-state index contributed by atoms with van der Waals surface area (Å²) >= 11 is 0. The minimum absolute atomic E-state index is 0.0111. The first-order valence-electron chi connectivity index (χ1n) is 5.39. The van der Waals surface area contributed by atoms with E-state index < -0.39 is 17.7 Å². The molecule has 0 aliphatic rings. The number of carbonyl (C=O) groups excluding carboxylic acids is 4. The fourth-order valence-corrected chi connectivity index (χ4v) is 1.09. The summed E-state index contributed by atoms with van der Waals surface area (Å²) in [6.07, 6.45) is 1.57. The van der Waals surface area contributed by atoms with Gasteiger partial charge in [0.15, 0.2) is 0 Å². The van der Waals surface area contributed by atoms with E-state index >= 15 is 0 Å². The Morgan fingerprint density at radius 2 is 1.79 bits per heavy atom. The van der Waals surface area contributed by atoms with Gasteiger partial charge in [0.05, 0.1) is 0 Å². The second-order valence-corrected chi connectivity index (χ2v) is 3.36. The summed E-state index contributed by atoms with van der Waals surface area (Å²) in [5.74, 6) is -1.67. The topological polar surface area (TPSA) is 137 Å². The molecule has 0 saturated heterocycles. The summed E-state index contributed by atoms with van der Waals surface area (Å²) in [5, 5.41) is 15.0. The van der Waals surface area contributed by atoms with Gasteiger partial charge in [-0.2, -0.15) is 0 Å². The predicted molar refractivity (Wildman–Crippen MR) is 63.3 cm³/mol. The minimum atomic E-state index is -0.600. The molecule has 0 bridgehead atoms. The SMILES string of the molecule is CNC(=O)/C(=C\NC=O)NC(=O)CCCC(=O)NO. The third-order valence-corrected chi connectivity index (χ3v) is 1.97. The molecule has 0 aromatic carbocycles. The summed E-state index contributed by atoms with van der Waals surface area (Å²) < 4.78 is 0. The Morgan fingerprint density at radius 3 is 2.32 bits per heavy atom. The Labute approximate surface area is 109 Å². The Bertz CT molecular complexity index is 380. The molecule has 9 heteroatoms. The van der Waals surface area contributed by atoms with Crippen LogP contribution in [0.5, 0.6) is 0 Å². The molecule has 106 valence electrons. The number of carbonyl (C=O) groups is 4. The van der Waals surface area contributed by atoms with Crippen LogP contribution in [0.1, 0.15) is 19.3 Å². The van der Waals surface area contributed by atoms with E-state index in [1.54, 1.807) is 0 Å². The molecule has 0 unspecified atom stereocenters. The van der Waals surface area contributed by atoms with Crippen LogP contribution in [-0.2, 0) is 19.2 Å². The Hall–Kier alpha value is -2.42. The van der Waals surface area contributed by atoms with Crippen molar-refractivity contribution in [1.29, 1.82) is 0 Å². The van der Waals surface area contributed by atoms with Crippen LogP contribution in [0.4, 0.5) is 0 Å². The van der Waals surface area contributed by atoms with Crippen LogP contribution in [0, 0.1) is 0 Å². The lowest BCUT2D eigenvalue weighted by Gasteiger charge is -2.08. The lowest BCUT2D eigenvalue weighted by atomic mass is 10.2. The molecule has 9 nitrogen and oxygen atoms in total. The normalized spacial score (nSPS) is 10.3. The highest BCUT2D eigenvalue weighted by Crippen LogP contribution is 1.97. The Balaban J connectivity index is 4.28. The van der Waals surface area contributed by atoms with Crippen molar-refractivity contribution in [3.05, 3.63) is 11.9 Å². The first-order chi connectivity index (χ1) is 9.04. The monoisotopic (exact) mass is 272 g/mol. The number of amides is 4. The lowest BCUT2D eigenvalue weighted by Crippen LogP contribution is -2.34. The van der Waals surface area contributed by atoms with Gasteiger partial charge in [0, 0.05) is 26.1 Å². The molecular formula is C10H16N4O5. The molecule has 5 N–H and O–H groups in total. The molecule has 19 heavy (non-hydrogen) atoms. The number of hydrogen-bond donors (Lipinski definition) is 5. The van der Waals surface area contributed by atoms with Crippen molar-refractivity contribution >= 4 is 24.1 Å². The molecule has 0 saturated carbocycles. The summed E-state index contributed by atoms with van der Waals surface area (Å²) in [7, 11) is 1.37. The summed E-state index contributed by atoms with van der Waals surface area (Å²) in [6.45, 7) is 0. The summed E-state index contributed by atoms with van der Waals surface area (Å²) in [6, 6.07) is 0. The zero-order chi connectivity index (χ0) is 14.7. The van der Waals surface area contributed by atoms with E-state index in [0.29, 0.717) is 6.41 Å². The molecule has 0 radical (unpaired) electrons. The van der Waals surface area contributed by atoms with Gasteiger partial charge in [0.1, 0.15) is 5.70 Å². The second-order valence-electron chi connectivity index (χ2n) is 3.36. The van der Waals surface area contributed by atoms with Crippen LogP contribution in [0.3, 0.4) is 0 Å². The Morgan fingerprint density at radius 1 is 1.16 bits per heavy atom. The van der Waals surface area contributed by atoms with Crippen molar-refractivity contribution in [3.8, 4) is 0 Å². The zero-order valence-corrected chi connectivity index (χ0v) is 10.4. The molecule has 0 fully saturated rings. The van der Waals surface area contributed by atoms with Gasteiger partial charge in [0.25, 0.3) is 5.91 Å². The minimum Gasteiger partial charge on any atom is -0.354 e. The quantitative estimate of drug-likeness (QED) is 0.152. The average molecular weight is 272 g/mol. The standard InChI is InChI=1S/C10H16N4O5/c1-11-10(18)7(5-12-6-15)13-8(16)3-2-4-9(17)14-19/h5-6,19H,2-4H2,1H3,(H,11,18)(H,12,15)(H,13,16)(H,14,17)/b7-5+. The van der Waals surface area contributed by atoms with Gasteiger partial charge in [-0.3, -0.25) is 24.4 Å². The maximum Gasteiger partial charge on any atom is 0.269 e. The van der Waals surface area contributed by atoms with E-state index in [1.165, 1.54) is 12.5 Å². The lowest BCUT2D eigenvalue weighted by molar-refractivity contribution is -0.129. The molecule has 4 amide bonds. The van der Waals surface area contributed by atoms with Crippen LogP contribution in [-0.4, -0.2) is 36.4 Å². The van der Waals surface area contributed by atoms with Gasteiger partial charge >= 0.3 is 0 Å². The predicted octanol–water partition coefficient (Wildman–Crippen LogP) is -1.89. The Kier molecular flexibility index (Phi) is 8.37. The van der Waals surface area contributed by atoms with Crippen LogP contribution in [0.15, 0.2) is 11.9 Å². The van der Waals surface area contributed by atoms with Gasteiger partial charge in [-0.25, -0.2) is 5.48 Å². The van der Waals surface area contributed by atoms with Crippen molar-refractivity contribution < 1.29 is 24.4 Å². The van der Waals surface area contributed by atoms with Gasteiger partial charge in [-0.1, -0.05) is 0 Å². The van der Waals surface area contributed by atoms with Crippen molar-refractivity contribution in [2.45, 2.75) is 19.3 Å². The maximum absolute atomic E-state index is 11.5. The second kappa shape index (κ2) is 9.59. The van der Waals surface area contributed by atoms with Crippen molar-refractivity contribution in [2.24, 2.45) is 0 Å². The molecule has 0 spiro atoms. The van der Waals surface area contributed by atoms with Crippen molar-refractivity contribution in [1.82, 2.24) is 21.4 Å². The average Bonchev–Trinajstić information content (AvgIpc) is 2.42. The summed E-state index contributed by atoms with van der Waals surface area (Å²) in [4.78, 5) is 43.6. The van der Waals surface area contributed by atoms with E-state index in [4.69, 9.17) is 5.21 Å². The third kappa shape index (κ3) is 7.49. The number of nitrogens with one attached hydrogen (secondary N) is 4. The van der Waals surface area contributed by atoms with Crippen molar-refractivity contribution in [2.75, 3.05) is 7.05 Å². The summed E-state index contributed by atoms with van der Waals surface area (Å²) in [5.41, 5.74) is 1.32. The first-order valence-corrected chi connectivity index (χ1v) is 5.39. The van der Waals surface area contributed by atoms with E-state index in [2.05, 4.69) is 16.0 Å². The zero-order valence-electron chi connectivity index (χ0n) is 10.4. The van der Waals surface area contributed by atoms with Crippen LogP contribution >= 0.6 is 0 Å². The van der Waals surface area contributed by atoms with Gasteiger partial charge in [0.2, 0.25) is 18.2 Å². The van der Waals surface area contributed by atoms with Gasteiger partial charge < -0.3 is 16.0 Å². The number of hydrogen-bond acceptors (Lipinski definition) is 5. The van der Waals surface area contributed by atoms with E-state index in [0.717, 1.165) is 6.20 Å². The molecule has 0 atom stereocenters.